The van der Waals surface area contributed by atoms with E-state index in [4.69, 9.17) is 9.47 Å². The predicted octanol–water partition coefficient (Wildman–Crippen LogP) is 5.24. The topological polar surface area (TPSA) is 135 Å². The molecule has 0 fully saturated rings. The number of aryl methyl sites for hydroxylation is 3. The van der Waals surface area contributed by atoms with Crippen molar-refractivity contribution in [1.82, 2.24) is 10.6 Å². The number of hydrogen-bond donors (Lipinski definition) is 4. The highest BCUT2D eigenvalue weighted by atomic mass is 16.6. The fourth-order valence-corrected chi connectivity index (χ4v) is 4.39. The molecule has 10 nitrogen and oxygen atoms in total. The van der Waals surface area contributed by atoms with Crippen LogP contribution >= 0.6 is 0 Å². The summed E-state index contributed by atoms with van der Waals surface area (Å²) in [6.07, 6.45) is 1.45. The summed E-state index contributed by atoms with van der Waals surface area (Å²) < 4.78 is 10.4. The van der Waals surface area contributed by atoms with E-state index in [0.717, 1.165) is 40.9 Å². The Morgan fingerprint density at radius 2 is 1.20 bits per heavy atom. The molecule has 0 saturated heterocycles. The molecule has 0 bridgehead atoms. The van der Waals surface area contributed by atoms with Gasteiger partial charge in [0.05, 0.1) is 0 Å². The van der Waals surface area contributed by atoms with Crippen LogP contribution in [-0.4, -0.2) is 47.3 Å². The molecule has 4 rings (SSSR count). The van der Waals surface area contributed by atoms with Gasteiger partial charge in [0, 0.05) is 11.4 Å². The summed E-state index contributed by atoms with van der Waals surface area (Å²) in [5.41, 5.74) is 3.80. The van der Waals surface area contributed by atoms with Crippen molar-refractivity contribution in [1.29, 1.82) is 0 Å². The van der Waals surface area contributed by atoms with Crippen LogP contribution in [0.1, 0.15) is 71.1 Å². The van der Waals surface area contributed by atoms with Crippen molar-refractivity contribution in [2.24, 2.45) is 0 Å². The Morgan fingerprint density at radius 3 is 1.71 bits per heavy atom. The van der Waals surface area contributed by atoms with Crippen LogP contribution in [0.3, 0.4) is 0 Å². The lowest BCUT2D eigenvalue weighted by Crippen LogP contribution is -2.45. The Labute approximate surface area is 241 Å². The third-order valence-corrected chi connectivity index (χ3v) is 6.21. The quantitative estimate of drug-likeness (QED) is 0.393. The molecular weight excluding hydrogens is 524 g/mol. The molecule has 0 aromatic heterocycles. The predicted molar refractivity (Wildman–Crippen MR) is 158 cm³/mol. The zero-order valence-corrected chi connectivity index (χ0v) is 25.0. The zero-order valence-electron chi connectivity index (χ0n) is 25.0. The smallest absolute Gasteiger partial charge is 0.408 e. The van der Waals surface area contributed by atoms with Crippen molar-refractivity contribution < 1.29 is 28.7 Å². The second kappa shape index (κ2) is 13.1. The summed E-state index contributed by atoms with van der Waals surface area (Å²) in [6.45, 7) is 12.7. The van der Waals surface area contributed by atoms with Gasteiger partial charge in [0.2, 0.25) is 11.8 Å². The van der Waals surface area contributed by atoms with Crippen molar-refractivity contribution in [3.8, 4) is 0 Å². The molecule has 2 aromatic rings. The number of fused-ring (bicyclic) bond motifs is 2. The molecule has 2 aromatic carbocycles. The van der Waals surface area contributed by atoms with Crippen LogP contribution in [0.4, 0.5) is 21.0 Å². The molecule has 4 amide bonds. The second-order valence-electron chi connectivity index (χ2n) is 12.3. The number of nitrogens with one attached hydrogen (secondary N) is 4. The number of benzene rings is 2. The number of hydrogen-bond acceptors (Lipinski definition) is 6. The van der Waals surface area contributed by atoms with Gasteiger partial charge in [-0.25, -0.2) is 9.59 Å². The third-order valence-electron chi connectivity index (χ3n) is 6.21. The van der Waals surface area contributed by atoms with Crippen molar-refractivity contribution in [3.63, 3.8) is 0 Å². The standard InChI is InChI=1S/C16H22N2O3.C15H20N2O3/c1-10-5-7-12-11(9-10)6-8-13(14(19)17-12)18-15(20)21-16(2,3)4;1-15(2,3)20-14(19)17-12-9-8-10-6-4-5-7-11(10)16-13(12)18/h5,7,9,13H,6,8H2,1-4H3,(H,17,19)(H,18,20);4-7,12H,8-9H2,1-3H3,(H,16,18)(H,17,19)/t13-;12-/m11/s1. The first-order valence-corrected chi connectivity index (χ1v) is 13.9. The Bertz CT molecular complexity index is 1280. The summed E-state index contributed by atoms with van der Waals surface area (Å²) in [5, 5.41) is 11.0. The van der Waals surface area contributed by atoms with E-state index in [0.29, 0.717) is 12.8 Å². The Kier molecular flexibility index (Phi) is 10.0. The normalized spacial score (nSPS) is 18.4. The van der Waals surface area contributed by atoms with Gasteiger partial charge in [0.25, 0.3) is 0 Å². The Morgan fingerprint density at radius 1 is 0.732 bits per heavy atom. The molecule has 10 heteroatoms. The number of rotatable bonds is 2. The van der Waals surface area contributed by atoms with E-state index in [2.05, 4.69) is 27.3 Å². The van der Waals surface area contributed by atoms with Crippen molar-refractivity contribution in [3.05, 3.63) is 59.2 Å². The number of para-hydroxylation sites is 1. The SMILES string of the molecule is CC(C)(C)OC(=O)N[C@@H]1CCc2ccccc2NC1=O.Cc1ccc2c(c1)CC[C@@H](NC(=O)OC(C)(C)C)C(=O)N2. The first-order valence-electron chi connectivity index (χ1n) is 13.9. The fraction of sp³-hybridized carbons (Fsp3) is 0.484. The van der Waals surface area contributed by atoms with Crippen LogP contribution in [-0.2, 0) is 31.9 Å². The molecule has 4 N–H and O–H groups in total. The van der Waals surface area contributed by atoms with Crippen molar-refractivity contribution in [2.75, 3.05) is 10.6 Å². The highest BCUT2D eigenvalue weighted by Gasteiger charge is 2.28. The lowest BCUT2D eigenvalue weighted by atomic mass is 10.0. The zero-order chi connectivity index (χ0) is 30.4. The van der Waals surface area contributed by atoms with E-state index >= 15 is 0 Å². The van der Waals surface area contributed by atoms with Gasteiger partial charge in [0.15, 0.2) is 0 Å². The largest absolute Gasteiger partial charge is 0.444 e. The Balaban J connectivity index is 0.000000226. The van der Waals surface area contributed by atoms with Gasteiger partial charge in [-0.15, -0.1) is 0 Å². The van der Waals surface area contributed by atoms with Gasteiger partial charge in [-0.2, -0.15) is 0 Å². The van der Waals surface area contributed by atoms with Gasteiger partial charge in [-0.3, -0.25) is 9.59 Å². The minimum Gasteiger partial charge on any atom is -0.444 e. The maximum absolute atomic E-state index is 12.2. The van der Waals surface area contributed by atoms with Crippen LogP contribution < -0.4 is 21.3 Å². The van der Waals surface area contributed by atoms with E-state index in [1.54, 1.807) is 41.5 Å². The van der Waals surface area contributed by atoms with Crippen LogP contribution in [0.5, 0.6) is 0 Å². The average molecular weight is 567 g/mol. The van der Waals surface area contributed by atoms with E-state index < -0.39 is 35.5 Å². The van der Waals surface area contributed by atoms with E-state index in [1.165, 1.54) is 0 Å². The van der Waals surface area contributed by atoms with E-state index in [9.17, 15) is 19.2 Å². The number of carbonyl (C=O) groups excluding carboxylic acids is 4. The first-order chi connectivity index (χ1) is 19.1. The maximum atomic E-state index is 12.2. The first kappa shape index (κ1) is 31.4. The molecule has 0 aliphatic carbocycles. The van der Waals surface area contributed by atoms with Crippen LogP contribution in [0.15, 0.2) is 42.5 Å². The number of alkyl carbamates (subject to hydrolysis) is 2. The van der Waals surface area contributed by atoms with Gasteiger partial charge in [0.1, 0.15) is 23.3 Å². The summed E-state index contributed by atoms with van der Waals surface area (Å²) >= 11 is 0. The molecule has 0 saturated carbocycles. The average Bonchev–Trinajstić information content (AvgIpc) is 3.09. The monoisotopic (exact) mass is 566 g/mol. The van der Waals surface area contributed by atoms with Crippen molar-refractivity contribution in [2.45, 2.75) is 97.4 Å². The van der Waals surface area contributed by atoms with Crippen molar-refractivity contribution >= 4 is 35.4 Å². The van der Waals surface area contributed by atoms with E-state index in [-0.39, 0.29) is 11.8 Å². The van der Waals surface area contributed by atoms with Gasteiger partial charge in [-0.05, 0) is 97.4 Å². The molecule has 0 unspecified atom stereocenters. The second-order valence-corrected chi connectivity index (χ2v) is 12.3. The summed E-state index contributed by atoms with van der Waals surface area (Å²) in [6, 6.07) is 12.4. The lowest BCUT2D eigenvalue weighted by Gasteiger charge is -2.22. The molecular formula is C31H42N4O6. The third kappa shape index (κ3) is 10.1. The Hall–Kier alpha value is -4.08. The number of ether oxygens (including phenoxy) is 2. The summed E-state index contributed by atoms with van der Waals surface area (Å²) in [4.78, 5) is 47.8. The molecule has 0 radical (unpaired) electrons. The molecule has 2 aliphatic rings. The molecule has 2 atom stereocenters. The minimum atomic E-state index is -0.578. The molecule has 0 spiro atoms. The number of anilines is 2. The van der Waals surface area contributed by atoms with Crippen LogP contribution in [0.2, 0.25) is 0 Å². The maximum Gasteiger partial charge on any atom is 0.408 e. The number of amides is 4. The molecule has 222 valence electrons. The molecule has 41 heavy (non-hydrogen) atoms. The summed E-state index contributed by atoms with van der Waals surface area (Å²) in [5.74, 6) is -0.413. The van der Waals surface area contributed by atoms with Gasteiger partial charge in [-0.1, -0.05) is 35.9 Å². The fourth-order valence-electron chi connectivity index (χ4n) is 4.39. The number of carbonyl (C=O) groups is 4. The lowest BCUT2D eigenvalue weighted by molar-refractivity contribution is -0.118. The highest BCUT2D eigenvalue weighted by molar-refractivity contribution is 5.98. The van der Waals surface area contributed by atoms with Gasteiger partial charge >= 0.3 is 12.2 Å². The molecule has 2 heterocycles. The summed E-state index contributed by atoms with van der Waals surface area (Å²) in [7, 11) is 0. The van der Waals surface area contributed by atoms with Gasteiger partial charge < -0.3 is 30.7 Å². The highest BCUT2D eigenvalue weighted by Crippen LogP contribution is 2.24. The van der Waals surface area contributed by atoms with E-state index in [1.807, 2.05) is 43.3 Å². The van der Waals surface area contributed by atoms with Crippen LogP contribution in [0.25, 0.3) is 0 Å². The van der Waals surface area contributed by atoms with Crippen LogP contribution in [0, 0.1) is 6.92 Å². The molecule has 2 aliphatic heterocycles. The minimum absolute atomic E-state index is 0.205.